The van der Waals surface area contributed by atoms with Crippen LogP contribution in [-0.4, -0.2) is 20.1 Å². The molecule has 0 unspecified atom stereocenters. The van der Waals surface area contributed by atoms with E-state index >= 15 is 0 Å². The van der Waals surface area contributed by atoms with Crippen molar-refractivity contribution in [3.05, 3.63) is 52.4 Å². The van der Waals surface area contributed by atoms with Crippen LogP contribution in [-0.2, 0) is 22.2 Å². The number of sulfonamides is 1. The molecule has 1 heterocycles. The molecule has 5 nitrogen and oxygen atoms in total. The first-order valence-corrected chi connectivity index (χ1v) is 8.12. The van der Waals surface area contributed by atoms with Gasteiger partial charge >= 0.3 is 0 Å². The Morgan fingerprint density at radius 2 is 2.00 bits per heavy atom. The third kappa shape index (κ3) is 4.63. The monoisotopic (exact) mass is 314 g/mol. The first kappa shape index (κ1) is 15.0. The average Bonchev–Trinajstić information content (AvgIpc) is 2.77. The normalized spacial score (nSPS) is 11.7. The van der Waals surface area contributed by atoms with Gasteiger partial charge in [-0.2, -0.15) is 0 Å². The number of halogens is 1. The number of rotatable bonds is 6. The zero-order valence-electron chi connectivity index (χ0n) is 11.0. The van der Waals surface area contributed by atoms with Gasteiger partial charge in [0.25, 0.3) is 0 Å². The summed E-state index contributed by atoms with van der Waals surface area (Å²) in [6.07, 6.45) is 0.497. The molecule has 0 saturated carbocycles. The van der Waals surface area contributed by atoms with Crippen molar-refractivity contribution in [3.63, 3.8) is 0 Å². The molecule has 0 aliphatic carbocycles. The summed E-state index contributed by atoms with van der Waals surface area (Å²) in [7, 11) is -3.36. The van der Waals surface area contributed by atoms with E-state index in [0.717, 1.165) is 5.69 Å². The minimum atomic E-state index is -3.36. The number of aryl methyl sites for hydroxylation is 1. The minimum absolute atomic E-state index is 0.0674. The summed E-state index contributed by atoms with van der Waals surface area (Å²) in [5.41, 5.74) is 1.43. The predicted molar refractivity (Wildman–Crippen MR) is 77.0 cm³/mol. The van der Waals surface area contributed by atoms with Crippen molar-refractivity contribution in [2.75, 3.05) is 6.54 Å². The van der Waals surface area contributed by atoms with E-state index in [4.69, 9.17) is 16.1 Å². The molecule has 1 aromatic carbocycles. The molecule has 0 amide bonds. The quantitative estimate of drug-likeness (QED) is 0.888. The van der Waals surface area contributed by atoms with Crippen LogP contribution in [0.1, 0.15) is 17.0 Å². The lowest BCUT2D eigenvalue weighted by atomic mass is 10.2. The first-order chi connectivity index (χ1) is 9.44. The maximum absolute atomic E-state index is 11.9. The van der Waals surface area contributed by atoms with Crippen LogP contribution in [0.5, 0.6) is 0 Å². The van der Waals surface area contributed by atoms with Crippen LogP contribution >= 0.6 is 11.6 Å². The maximum Gasteiger partial charge on any atom is 0.215 e. The maximum atomic E-state index is 11.9. The Bertz CT molecular complexity index is 665. The highest BCUT2D eigenvalue weighted by Crippen LogP contribution is 2.11. The van der Waals surface area contributed by atoms with Crippen molar-refractivity contribution < 1.29 is 12.9 Å². The molecule has 0 atom stereocenters. The highest BCUT2D eigenvalue weighted by Gasteiger charge is 2.11. The van der Waals surface area contributed by atoms with Crippen molar-refractivity contribution in [2.24, 2.45) is 0 Å². The fourth-order valence-corrected chi connectivity index (χ4v) is 2.99. The molecule has 0 bridgehead atoms. The van der Waals surface area contributed by atoms with E-state index in [2.05, 4.69) is 9.88 Å². The summed E-state index contributed by atoms with van der Waals surface area (Å²) in [6.45, 7) is 2.09. The van der Waals surface area contributed by atoms with Crippen molar-refractivity contribution in [1.82, 2.24) is 9.88 Å². The molecular formula is C13H15ClN2O3S. The second kappa shape index (κ2) is 6.39. The Labute approximate surface area is 123 Å². The molecule has 0 aliphatic heterocycles. The lowest BCUT2D eigenvalue weighted by Gasteiger charge is -2.06. The van der Waals surface area contributed by atoms with Crippen LogP contribution in [0.2, 0.25) is 5.02 Å². The fraction of sp³-hybridized carbons (Fsp3) is 0.308. The van der Waals surface area contributed by atoms with Gasteiger partial charge in [-0.1, -0.05) is 28.9 Å². The van der Waals surface area contributed by atoms with Crippen LogP contribution < -0.4 is 4.72 Å². The van der Waals surface area contributed by atoms with Gasteiger partial charge in [0.05, 0.1) is 11.4 Å². The molecule has 1 aromatic heterocycles. The van der Waals surface area contributed by atoms with Gasteiger partial charge < -0.3 is 4.52 Å². The molecule has 20 heavy (non-hydrogen) atoms. The summed E-state index contributed by atoms with van der Waals surface area (Å²) in [5, 5.41) is 4.39. The predicted octanol–water partition coefficient (Wildman–Crippen LogP) is 2.30. The van der Waals surface area contributed by atoms with Gasteiger partial charge in [-0.3, -0.25) is 0 Å². The molecular weight excluding hydrogens is 300 g/mol. The van der Waals surface area contributed by atoms with E-state index in [-0.39, 0.29) is 5.75 Å². The average molecular weight is 315 g/mol. The number of hydrogen-bond donors (Lipinski definition) is 1. The molecule has 0 saturated heterocycles. The van der Waals surface area contributed by atoms with Gasteiger partial charge in [0.2, 0.25) is 10.0 Å². The largest absolute Gasteiger partial charge is 0.361 e. The summed E-state index contributed by atoms with van der Waals surface area (Å²) in [5.74, 6) is 0.645. The zero-order valence-corrected chi connectivity index (χ0v) is 12.5. The Balaban J connectivity index is 1.86. The van der Waals surface area contributed by atoms with E-state index in [1.54, 1.807) is 37.3 Å². The highest BCUT2D eigenvalue weighted by molar-refractivity contribution is 7.88. The van der Waals surface area contributed by atoms with E-state index in [1.165, 1.54) is 0 Å². The molecule has 1 N–H and O–H groups in total. The molecule has 108 valence electrons. The van der Waals surface area contributed by atoms with E-state index < -0.39 is 10.0 Å². The van der Waals surface area contributed by atoms with Crippen molar-refractivity contribution >= 4 is 21.6 Å². The van der Waals surface area contributed by atoms with Crippen molar-refractivity contribution in [2.45, 2.75) is 19.1 Å². The first-order valence-electron chi connectivity index (χ1n) is 6.08. The van der Waals surface area contributed by atoms with Crippen molar-refractivity contribution in [3.8, 4) is 0 Å². The Morgan fingerprint density at radius 3 is 2.60 bits per heavy atom. The van der Waals surface area contributed by atoms with Gasteiger partial charge in [0, 0.05) is 24.1 Å². The lowest BCUT2D eigenvalue weighted by Crippen LogP contribution is -2.27. The molecule has 0 fully saturated rings. The molecule has 7 heteroatoms. The fourth-order valence-electron chi connectivity index (χ4n) is 1.72. The number of hydrogen-bond acceptors (Lipinski definition) is 4. The number of aromatic nitrogens is 1. The molecule has 2 rings (SSSR count). The third-order valence-corrected chi connectivity index (χ3v) is 4.26. The van der Waals surface area contributed by atoms with Crippen LogP contribution in [0.4, 0.5) is 0 Å². The summed E-state index contributed by atoms with van der Waals surface area (Å²) >= 11 is 5.76. The van der Waals surface area contributed by atoms with E-state index in [1.807, 2.05) is 0 Å². The van der Waals surface area contributed by atoms with Crippen molar-refractivity contribution in [1.29, 1.82) is 0 Å². The second-order valence-electron chi connectivity index (χ2n) is 4.46. The topological polar surface area (TPSA) is 72.2 Å². The van der Waals surface area contributed by atoms with Gasteiger partial charge in [0.1, 0.15) is 5.76 Å². The van der Waals surface area contributed by atoms with Crippen LogP contribution in [0.25, 0.3) is 0 Å². The van der Waals surface area contributed by atoms with Crippen LogP contribution in [0.15, 0.2) is 34.9 Å². The zero-order chi connectivity index (χ0) is 14.6. The molecule has 0 radical (unpaired) electrons. The van der Waals surface area contributed by atoms with E-state index in [9.17, 15) is 8.42 Å². The summed E-state index contributed by atoms with van der Waals surface area (Å²) in [4.78, 5) is 0. The Kier molecular flexibility index (Phi) is 4.80. The molecule has 0 spiro atoms. The smallest absolute Gasteiger partial charge is 0.215 e. The number of nitrogens with one attached hydrogen (secondary N) is 1. The number of nitrogens with zero attached hydrogens (tertiary/aromatic N) is 1. The lowest BCUT2D eigenvalue weighted by molar-refractivity contribution is 0.390. The van der Waals surface area contributed by atoms with Gasteiger partial charge in [0.15, 0.2) is 0 Å². The van der Waals surface area contributed by atoms with Gasteiger partial charge in [-0.15, -0.1) is 0 Å². The summed E-state index contributed by atoms with van der Waals surface area (Å²) < 4.78 is 31.2. The summed E-state index contributed by atoms with van der Waals surface area (Å²) in [6, 6.07) is 8.52. The SMILES string of the molecule is Cc1cc(CCNS(=O)(=O)Cc2ccc(Cl)cc2)no1. The molecule has 0 aliphatic rings. The van der Waals surface area contributed by atoms with Gasteiger partial charge in [-0.25, -0.2) is 13.1 Å². The standard InChI is InChI=1S/C13H15ClN2O3S/c1-10-8-13(16-19-10)6-7-15-20(17,18)9-11-2-4-12(14)5-3-11/h2-5,8,15H,6-7,9H2,1H3. The second-order valence-corrected chi connectivity index (χ2v) is 6.70. The van der Waals surface area contributed by atoms with Gasteiger partial charge in [-0.05, 0) is 24.6 Å². The van der Waals surface area contributed by atoms with Crippen LogP contribution in [0.3, 0.4) is 0 Å². The van der Waals surface area contributed by atoms with Crippen LogP contribution in [0, 0.1) is 6.92 Å². The highest BCUT2D eigenvalue weighted by atomic mass is 35.5. The Morgan fingerprint density at radius 1 is 1.30 bits per heavy atom. The molecule has 2 aromatic rings. The Hall–Kier alpha value is -1.37. The third-order valence-electron chi connectivity index (χ3n) is 2.65. The minimum Gasteiger partial charge on any atom is -0.361 e. The number of benzene rings is 1. The van der Waals surface area contributed by atoms with E-state index in [0.29, 0.717) is 29.3 Å².